The lowest BCUT2D eigenvalue weighted by molar-refractivity contribution is 0.0303. The summed E-state index contributed by atoms with van der Waals surface area (Å²) in [6, 6.07) is 10.1. The van der Waals surface area contributed by atoms with Gasteiger partial charge in [0.05, 0.1) is 24.5 Å². The summed E-state index contributed by atoms with van der Waals surface area (Å²) in [5.74, 6) is -0.0374. The topological polar surface area (TPSA) is 67.4 Å². The fraction of sp³-hybridized carbons (Fsp3) is 0.318. The molecule has 0 atom stereocenters. The number of ether oxygens (including phenoxy) is 1. The van der Waals surface area contributed by atoms with Crippen LogP contribution in [-0.2, 0) is 4.74 Å². The van der Waals surface area contributed by atoms with Crippen LogP contribution in [0.15, 0.2) is 36.5 Å². The number of hydrogen-bond donors (Lipinski definition) is 1. The summed E-state index contributed by atoms with van der Waals surface area (Å²) in [6.45, 7) is 8.40. The fourth-order valence-corrected chi connectivity index (χ4v) is 3.37. The van der Waals surface area contributed by atoms with Crippen molar-refractivity contribution in [2.45, 2.75) is 20.8 Å². The maximum atomic E-state index is 13.2. The largest absolute Gasteiger partial charge is 0.378 e. The van der Waals surface area contributed by atoms with Crippen molar-refractivity contribution in [1.29, 1.82) is 0 Å². The molecule has 2 aromatic heterocycles. The lowest BCUT2D eigenvalue weighted by atomic mass is 10.1. The summed E-state index contributed by atoms with van der Waals surface area (Å²) in [5.41, 5.74) is 6.18. The number of amides is 1. The van der Waals surface area contributed by atoms with Gasteiger partial charge in [0.25, 0.3) is 5.91 Å². The summed E-state index contributed by atoms with van der Waals surface area (Å²) >= 11 is 0. The van der Waals surface area contributed by atoms with E-state index < -0.39 is 0 Å². The molecule has 3 heterocycles. The van der Waals surface area contributed by atoms with Crippen molar-refractivity contribution in [2.75, 3.05) is 31.6 Å². The number of rotatable bonds is 3. The number of aromatic nitrogens is 2. The Bertz CT molecular complexity index is 1040. The molecule has 1 saturated heterocycles. The first kappa shape index (κ1) is 18.4. The molecule has 0 saturated carbocycles. The second-order valence-electron chi connectivity index (χ2n) is 7.20. The minimum absolute atomic E-state index is 0.0374. The molecule has 4 rings (SSSR count). The predicted octanol–water partition coefficient (Wildman–Crippen LogP) is 3.77. The van der Waals surface area contributed by atoms with Gasteiger partial charge in [-0.2, -0.15) is 0 Å². The molecule has 1 aromatic carbocycles. The average molecular weight is 376 g/mol. The molecule has 0 unspecified atom stereocenters. The molecule has 6 heteroatoms. The minimum Gasteiger partial charge on any atom is -0.378 e. The van der Waals surface area contributed by atoms with Crippen molar-refractivity contribution in [3.63, 3.8) is 0 Å². The van der Waals surface area contributed by atoms with Crippen molar-refractivity contribution in [3.8, 4) is 0 Å². The summed E-state index contributed by atoms with van der Waals surface area (Å²) < 4.78 is 5.38. The van der Waals surface area contributed by atoms with Gasteiger partial charge in [0.1, 0.15) is 0 Å². The number of aryl methyl sites for hydroxylation is 3. The molecule has 28 heavy (non-hydrogen) atoms. The maximum absolute atomic E-state index is 13.2. The van der Waals surface area contributed by atoms with Gasteiger partial charge >= 0.3 is 0 Å². The van der Waals surface area contributed by atoms with Gasteiger partial charge in [-0.3, -0.25) is 4.79 Å². The zero-order chi connectivity index (χ0) is 19.7. The number of anilines is 2. The Morgan fingerprint density at radius 1 is 1.07 bits per heavy atom. The lowest BCUT2D eigenvalue weighted by Gasteiger charge is -2.27. The summed E-state index contributed by atoms with van der Waals surface area (Å²) in [7, 11) is 0. The molecular formula is C22H24N4O2. The predicted molar refractivity (Wildman–Crippen MR) is 110 cm³/mol. The Kier molecular flexibility index (Phi) is 4.96. The van der Waals surface area contributed by atoms with Crippen LogP contribution in [0.25, 0.3) is 11.0 Å². The molecule has 0 spiro atoms. The Balaban J connectivity index is 1.81. The monoisotopic (exact) mass is 376 g/mol. The number of hydrogen-bond acceptors (Lipinski definition) is 5. The van der Waals surface area contributed by atoms with E-state index in [0.29, 0.717) is 37.5 Å². The van der Waals surface area contributed by atoms with Crippen molar-refractivity contribution in [3.05, 3.63) is 58.9 Å². The second-order valence-corrected chi connectivity index (χ2v) is 7.20. The van der Waals surface area contributed by atoms with E-state index >= 15 is 0 Å². The number of fused-ring (bicyclic) bond motifs is 1. The molecule has 1 aliphatic rings. The molecular weight excluding hydrogens is 352 g/mol. The smallest absolute Gasteiger partial charge is 0.257 e. The molecule has 1 N–H and O–H groups in total. The number of nitrogens with one attached hydrogen (secondary N) is 1. The number of carbonyl (C=O) groups is 1. The first-order chi connectivity index (χ1) is 13.5. The third kappa shape index (κ3) is 3.55. The van der Waals surface area contributed by atoms with Crippen molar-refractivity contribution < 1.29 is 9.53 Å². The molecule has 1 aliphatic heterocycles. The van der Waals surface area contributed by atoms with Gasteiger partial charge in [0, 0.05) is 36.1 Å². The van der Waals surface area contributed by atoms with Crippen LogP contribution in [0.4, 0.5) is 11.4 Å². The first-order valence-electron chi connectivity index (χ1n) is 9.50. The zero-order valence-electron chi connectivity index (χ0n) is 16.5. The Hall–Kier alpha value is -2.99. The van der Waals surface area contributed by atoms with Crippen molar-refractivity contribution in [1.82, 2.24) is 14.9 Å². The van der Waals surface area contributed by atoms with E-state index in [1.807, 2.05) is 30.0 Å². The highest BCUT2D eigenvalue weighted by atomic mass is 16.5. The van der Waals surface area contributed by atoms with E-state index in [-0.39, 0.29) is 5.91 Å². The average Bonchev–Trinajstić information content (AvgIpc) is 2.71. The number of pyridine rings is 2. The number of carbonyl (C=O) groups excluding carboxylic acids is 1. The molecule has 0 aliphatic carbocycles. The summed E-state index contributed by atoms with van der Waals surface area (Å²) in [4.78, 5) is 24.0. The molecule has 1 amide bonds. The third-order valence-electron chi connectivity index (χ3n) is 5.17. The molecule has 0 radical (unpaired) electrons. The van der Waals surface area contributed by atoms with Crippen LogP contribution < -0.4 is 5.32 Å². The van der Waals surface area contributed by atoms with Crippen LogP contribution in [0, 0.1) is 20.8 Å². The third-order valence-corrected chi connectivity index (χ3v) is 5.17. The SMILES string of the molecule is Cc1ccc2c(Nc3ccc(C)c(C)c3)c(C(=O)N3CCOCC3)cnc2n1. The van der Waals surface area contributed by atoms with Crippen molar-refractivity contribution in [2.24, 2.45) is 0 Å². The van der Waals surface area contributed by atoms with Crippen LogP contribution in [-0.4, -0.2) is 47.1 Å². The number of nitrogens with zero attached hydrogens (tertiary/aromatic N) is 3. The minimum atomic E-state index is -0.0374. The van der Waals surface area contributed by atoms with Gasteiger partial charge in [0.2, 0.25) is 0 Å². The highest BCUT2D eigenvalue weighted by Crippen LogP contribution is 2.30. The van der Waals surface area contributed by atoms with Gasteiger partial charge in [-0.05, 0) is 56.2 Å². The lowest BCUT2D eigenvalue weighted by Crippen LogP contribution is -2.41. The van der Waals surface area contributed by atoms with Crippen LogP contribution in [0.1, 0.15) is 27.2 Å². The van der Waals surface area contributed by atoms with E-state index in [9.17, 15) is 4.79 Å². The standard InChI is InChI=1S/C22H24N4O2/c1-14-4-6-17(12-15(14)2)25-20-18-7-5-16(3)24-21(18)23-13-19(20)22(27)26-8-10-28-11-9-26/h4-7,12-13H,8-11H2,1-3H3,(H,23,24,25). The second kappa shape index (κ2) is 7.56. The Morgan fingerprint density at radius 2 is 1.86 bits per heavy atom. The highest BCUT2D eigenvalue weighted by molar-refractivity contribution is 6.07. The van der Waals surface area contributed by atoms with Gasteiger partial charge in [-0.25, -0.2) is 9.97 Å². The molecule has 144 valence electrons. The van der Waals surface area contributed by atoms with Gasteiger partial charge in [-0.1, -0.05) is 6.07 Å². The molecule has 6 nitrogen and oxygen atoms in total. The van der Waals surface area contributed by atoms with Gasteiger partial charge in [-0.15, -0.1) is 0 Å². The summed E-state index contributed by atoms with van der Waals surface area (Å²) in [6.07, 6.45) is 1.63. The normalized spacial score (nSPS) is 14.3. The summed E-state index contributed by atoms with van der Waals surface area (Å²) in [5, 5.41) is 4.30. The van der Waals surface area contributed by atoms with E-state index in [2.05, 4.69) is 41.3 Å². The van der Waals surface area contributed by atoms with Crippen LogP contribution >= 0.6 is 0 Å². The van der Waals surface area contributed by atoms with Crippen LogP contribution in [0.3, 0.4) is 0 Å². The number of benzene rings is 1. The van der Waals surface area contributed by atoms with Crippen molar-refractivity contribution >= 4 is 28.3 Å². The van der Waals surface area contributed by atoms with Gasteiger partial charge < -0.3 is 15.0 Å². The fourth-order valence-electron chi connectivity index (χ4n) is 3.37. The first-order valence-corrected chi connectivity index (χ1v) is 9.50. The quantitative estimate of drug-likeness (QED) is 0.754. The van der Waals surface area contributed by atoms with E-state index in [0.717, 1.165) is 22.5 Å². The Morgan fingerprint density at radius 3 is 2.61 bits per heavy atom. The van der Waals surface area contributed by atoms with E-state index in [1.54, 1.807) is 6.20 Å². The van der Waals surface area contributed by atoms with Gasteiger partial charge in [0.15, 0.2) is 5.65 Å². The molecule has 0 bridgehead atoms. The van der Waals surface area contributed by atoms with Crippen LogP contribution in [0.5, 0.6) is 0 Å². The zero-order valence-corrected chi connectivity index (χ0v) is 16.5. The van der Waals surface area contributed by atoms with Crippen LogP contribution in [0.2, 0.25) is 0 Å². The van der Waals surface area contributed by atoms with E-state index in [1.165, 1.54) is 11.1 Å². The Labute approximate surface area is 164 Å². The highest BCUT2D eigenvalue weighted by Gasteiger charge is 2.23. The van der Waals surface area contributed by atoms with E-state index in [4.69, 9.17) is 4.74 Å². The molecule has 3 aromatic rings. The maximum Gasteiger partial charge on any atom is 0.257 e. The number of morpholine rings is 1. The molecule has 1 fully saturated rings.